The van der Waals surface area contributed by atoms with Crippen LogP contribution < -0.4 is 4.90 Å². The maximum absolute atomic E-state index is 13.6. The van der Waals surface area contributed by atoms with Crippen molar-refractivity contribution in [2.24, 2.45) is 5.41 Å². The average Bonchev–Trinajstić information content (AvgIpc) is 2.73. The summed E-state index contributed by atoms with van der Waals surface area (Å²) < 4.78 is 5.62. The number of imide groups is 2. The minimum absolute atomic E-state index is 0.00988. The number of barbiturate groups is 1. The average molecular weight is 402 g/mol. The molecule has 0 N–H and O–H groups in total. The number of non-ortho nitro benzene ring substituents is 1. The molecule has 0 aliphatic carbocycles. The van der Waals surface area contributed by atoms with Crippen LogP contribution in [0.1, 0.15) is 18.9 Å². The predicted octanol–water partition coefficient (Wildman–Crippen LogP) is 1.17. The Bertz CT molecular complexity index is 918. The Labute approximate surface area is 167 Å². The number of nitro groups is 1. The summed E-state index contributed by atoms with van der Waals surface area (Å²) in [6, 6.07) is 3.28. The first-order valence-corrected chi connectivity index (χ1v) is 9.58. The Balaban J connectivity index is 1.90. The number of fused-ring (bicyclic) bond motifs is 4. The number of benzene rings is 1. The zero-order chi connectivity index (χ0) is 20.9. The van der Waals surface area contributed by atoms with E-state index >= 15 is 0 Å². The molecule has 154 valence electrons. The molecule has 29 heavy (non-hydrogen) atoms. The van der Waals surface area contributed by atoms with E-state index in [0.717, 1.165) is 15.5 Å². The van der Waals surface area contributed by atoms with Crippen molar-refractivity contribution in [1.82, 2.24) is 9.80 Å². The van der Waals surface area contributed by atoms with E-state index in [0.29, 0.717) is 25.1 Å². The smallest absolute Gasteiger partial charge is 0.333 e. The van der Waals surface area contributed by atoms with Gasteiger partial charge in [0, 0.05) is 44.4 Å². The van der Waals surface area contributed by atoms with Gasteiger partial charge in [-0.05, 0) is 18.1 Å². The molecule has 0 saturated carbocycles. The number of anilines is 1. The fourth-order valence-electron chi connectivity index (χ4n) is 4.67. The lowest BCUT2D eigenvalue weighted by atomic mass is 9.68. The molecule has 10 heteroatoms. The van der Waals surface area contributed by atoms with Crippen LogP contribution in [0.2, 0.25) is 0 Å². The molecule has 3 aliphatic heterocycles. The summed E-state index contributed by atoms with van der Waals surface area (Å²) >= 11 is 0. The highest BCUT2D eigenvalue weighted by atomic mass is 16.6. The summed E-state index contributed by atoms with van der Waals surface area (Å²) in [5.41, 5.74) is -0.341. The third-order valence-corrected chi connectivity index (χ3v) is 6.03. The maximum atomic E-state index is 13.6. The first kappa shape index (κ1) is 19.3. The van der Waals surface area contributed by atoms with E-state index in [-0.39, 0.29) is 25.3 Å². The van der Waals surface area contributed by atoms with Gasteiger partial charge in [0.2, 0.25) is 11.8 Å². The standard InChI is InChI=1S/C19H22N4O6/c1-3-6-22-17(25)19(16(24)20(2)18(22)26)10-12-9-13(23(27)28)4-5-14(12)21-7-8-29-11-15(19)21/h4-5,9,15H,3,6-8,10-11H2,1-2H3/t15-,19+/m0/s1. The van der Waals surface area contributed by atoms with Crippen LogP contribution in [0.25, 0.3) is 0 Å². The number of rotatable bonds is 3. The lowest BCUT2D eigenvalue weighted by Gasteiger charge is -2.54. The monoisotopic (exact) mass is 402 g/mol. The highest BCUT2D eigenvalue weighted by Gasteiger charge is 2.64. The van der Waals surface area contributed by atoms with E-state index in [2.05, 4.69) is 0 Å². The summed E-state index contributed by atoms with van der Waals surface area (Å²) in [5, 5.41) is 11.3. The van der Waals surface area contributed by atoms with Gasteiger partial charge >= 0.3 is 6.03 Å². The van der Waals surface area contributed by atoms with E-state index in [4.69, 9.17) is 4.74 Å². The Hall–Kier alpha value is -3.01. The van der Waals surface area contributed by atoms with Gasteiger partial charge in [-0.3, -0.25) is 29.5 Å². The molecule has 2 fully saturated rings. The Morgan fingerprint density at radius 1 is 1.28 bits per heavy atom. The van der Waals surface area contributed by atoms with E-state index in [9.17, 15) is 24.5 Å². The number of hydrogen-bond donors (Lipinski definition) is 0. The van der Waals surface area contributed by atoms with Crippen LogP contribution in [0.15, 0.2) is 18.2 Å². The molecule has 10 nitrogen and oxygen atoms in total. The van der Waals surface area contributed by atoms with Gasteiger partial charge in [-0.25, -0.2) is 4.79 Å². The first-order chi connectivity index (χ1) is 13.8. The molecule has 0 aromatic heterocycles. The molecule has 4 amide bonds. The lowest BCUT2D eigenvalue weighted by Crippen LogP contribution is -2.74. The summed E-state index contributed by atoms with van der Waals surface area (Å²) in [6.45, 7) is 3.07. The van der Waals surface area contributed by atoms with Gasteiger partial charge in [0.25, 0.3) is 5.69 Å². The van der Waals surface area contributed by atoms with Crippen molar-refractivity contribution in [2.45, 2.75) is 25.8 Å². The van der Waals surface area contributed by atoms with E-state index in [1.165, 1.54) is 19.2 Å². The van der Waals surface area contributed by atoms with Crippen LogP contribution in [0.3, 0.4) is 0 Å². The molecule has 3 heterocycles. The second-order valence-corrected chi connectivity index (χ2v) is 7.61. The number of urea groups is 1. The van der Waals surface area contributed by atoms with Crippen molar-refractivity contribution < 1.29 is 24.0 Å². The predicted molar refractivity (Wildman–Crippen MR) is 101 cm³/mol. The molecule has 0 unspecified atom stereocenters. The second kappa shape index (κ2) is 6.80. The van der Waals surface area contributed by atoms with Crippen LogP contribution in [0.5, 0.6) is 0 Å². The summed E-state index contributed by atoms with van der Waals surface area (Å²) in [7, 11) is 1.37. The number of nitro benzene ring substituents is 1. The highest BCUT2D eigenvalue weighted by Crippen LogP contribution is 2.47. The highest BCUT2D eigenvalue weighted by molar-refractivity contribution is 6.20. The normalized spacial score (nSPS) is 26.6. The third-order valence-electron chi connectivity index (χ3n) is 6.03. The number of ether oxygens (including phenoxy) is 1. The topological polar surface area (TPSA) is 113 Å². The minimum atomic E-state index is -1.56. The van der Waals surface area contributed by atoms with Crippen LogP contribution in [0, 0.1) is 15.5 Å². The van der Waals surface area contributed by atoms with E-state index < -0.39 is 34.2 Å². The Morgan fingerprint density at radius 3 is 2.72 bits per heavy atom. The summed E-state index contributed by atoms with van der Waals surface area (Å²) in [6.07, 6.45) is 0.548. The minimum Gasteiger partial charge on any atom is -0.377 e. The fraction of sp³-hybridized carbons (Fsp3) is 0.526. The quantitative estimate of drug-likeness (QED) is 0.424. The largest absolute Gasteiger partial charge is 0.377 e. The van der Waals surface area contributed by atoms with Gasteiger partial charge in [0.05, 0.1) is 24.2 Å². The number of hydrogen-bond acceptors (Lipinski definition) is 7. The molecule has 0 radical (unpaired) electrons. The Kier molecular flexibility index (Phi) is 4.53. The van der Waals surface area contributed by atoms with Gasteiger partial charge in [-0.2, -0.15) is 0 Å². The van der Waals surface area contributed by atoms with E-state index in [1.807, 2.05) is 11.8 Å². The van der Waals surface area contributed by atoms with Crippen molar-refractivity contribution in [3.63, 3.8) is 0 Å². The number of morpholine rings is 1. The fourth-order valence-corrected chi connectivity index (χ4v) is 4.67. The Morgan fingerprint density at radius 2 is 2.03 bits per heavy atom. The molecule has 2 atom stereocenters. The zero-order valence-corrected chi connectivity index (χ0v) is 16.3. The molecule has 3 aliphatic rings. The molecular weight excluding hydrogens is 380 g/mol. The van der Waals surface area contributed by atoms with Crippen LogP contribution in [-0.2, 0) is 20.7 Å². The van der Waals surface area contributed by atoms with Gasteiger partial charge in [-0.1, -0.05) is 6.92 Å². The van der Waals surface area contributed by atoms with Gasteiger partial charge < -0.3 is 9.64 Å². The molecular formula is C19H22N4O6. The first-order valence-electron chi connectivity index (χ1n) is 9.58. The number of nitrogens with zero attached hydrogens (tertiary/aromatic N) is 4. The van der Waals surface area contributed by atoms with Crippen LogP contribution in [0.4, 0.5) is 16.2 Å². The molecule has 1 aromatic rings. The van der Waals surface area contributed by atoms with Crippen molar-refractivity contribution in [3.05, 3.63) is 33.9 Å². The lowest BCUT2D eigenvalue weighted by molar-refractivity contribution is -0.384. The van der Waals surface area contributed by atoms with Crippen molar-refractivity contribution in [3.8, 4) is 0 Å². The van der Waals surface area contributed by atoms with Crippen LogP contribution >= 0.6 is 0 Å². The van der Waals surface area contributed by atoms with Crippen LogP contribution in [-0.4, -0.2) is 72.0 Å². The summed E-state index contributed by atoms with van der Waals surface area (Å²) in [4.78, 5) is 54.4. The molecule has 1 spiro atoms. The summed E-state index contributed by atoms with van der Waals surface area (Å²) in [5.74, 6) is -1.14. The van der Waals surface area contributed by atoms with Gasteiger partial charge in [0.15, 0.2) is 5.41 Å². The van der Waals surface area contributed by atoms with Gasteiger partial charge in [0.1, 0.15) is 0 Å². The number of amides is 4. The van der Waals surface area contributed by atoms with Crippen molar-refractivity contribution in [2.75, 3.05) is 38.3 Å². The third kappa shape index (κ3) is 2.62. The SMILES string of the molecule is CCCN1C(=O)N(C)C(=O)[C@]2(Cc3cc([N+](=O)[O-])ccc3N3CCOC[C@H]32)C1=O. The molecule has 0 bridgehead atoms. The number of carbonyl (C=O) groups excluding carboxylic acids is 3. The number of carbonyl (C=O) groups is 3. The van der Waals surface area contributed by atoms with Crippen molar-refractivity contribution in [1.29, 1.82) is 0 Å². The molecule has 1 aromatic carbocycles. The zero-order valence-electron chi connectivity index (χ0n) is 16.3. The van der Waals surface area contributed by atoms with Gasteiger partial charge in [-0.15, -0.1) is 0 Å². The molecule has 4 rings (SSSR count). The maximum Gasteiger partial charge on any atom is 0.333 e. The van der Waals surface area contributed by atoms with E-state index in [1.54, 1.807) is 6.07 Å². The second-order valence-electron chi connectivity index (χ2n) is 7.61. The molecule has 2 saturated heterocycles. The van der Waals surface area contributed by atoms with Crippen molar-refractivity contribution >= 4 is 29.2 Å².